The van der Waals surface area contributed by atoms with Crippen LogP contribution in [-0.4, -0.2) is 57.3 Å². The SMILES string of the molecule is COc1cccc(C(CN2CCC(CNC(=O)c3cc(Cl)c(N)cc3OC)CC2)OC(N)=O)c1. The van der Waals surface area contributed by atoms with Crippen LogP contribution in [0.2, 0.25) is 5.02 Å². The largest absolute Gasteiger partial charge is 0.497 e. The van der Waals surface area contributed by atoms with Gasteiger partial charge in [0.25, 0.3) is 5.91 Å². The molecule has 34 heavy (non-hydrogen) atoms. The number of methoxy groups -OCH3 is 2. The quantitative estimate of drug-likeness (QED) is 0.460. The Morgan fingerprint density at radius 2 is 1.91 bits per heavy atom. The zero-order chi connectivity index (χ0) is 24.7. The average molecular weight is 491 g/mol. The van der Waals surface area contributed by atoms with Crippen LogP contribution in [0.15, 0.2) is 36.4 Å². The number of hydrogen-bond acceptors (Lipinski definition) is 7. The second-order valence-corrected chi connectivity index (χ2v) is 8.64. The number of primary amides is 1. The van der Waals surface area contributed by atoms with E-state index in [1.54, 1.807) is 13.2 Å². The lowest BCUT2D eigenvalue weighted by Crippen LogP contribution is -2.41. The van der Waals surface area contributed by atoms with Crippen LogP contribution < -0.4 is 26.3 Å². The summed E-state index contributed by atoms with van der Waals surface area (Å²) >= 11 is 6.07. The first-order valence-electron chi connectivity index (χ1n) is 11.0. The Bertz CT molecular complexity index is 1010. The molecule has 0 saturated carbocycles. The molecule has 9 nitrogen and oxygen atoms in total. The van der Waals surface area contributed by atoms with E-state index in [0.29, 0.717) is 46.8 Å². The van der Waals surface area contributed by atoms with Crippen molar-refractivity contribution < 1.29 is 23.8 Å². The molecule has 0 bridgehead atoms. The molecule has 1 aliphatic rings. The van der Waals surface area contributed by atoms with Gasteiger partial charge in [0, 0.05) is 19.2 Å². The zero-order valence-corrected chi connectivity index (χ0v) is 20.1. The van der Waals surface area contributed by atoms with Crippen molar-refractivity contribution in [3.63, 3.8) is 0 Å². The van der Waals surface area contributed by atoms with E-state index in [0.717, 1.165) is 31.5 Å². The number of rotatable bonds is 9. The van der Waals surface area contributed by atoms with Crippen LogP contribution in [0.25, 0.3) is 0 Å². The molecular weight excluding hydrogens is 460 g/mol. The van der Waals surface area contributed by atoms with Crippen molar-refractivity contribution in [2.45, 2.75) is 18.9 Å². The van der Waals surface area contributed by atoms with Crippen molar-refractivity contribution in [2.75, 3.05) is 46.1 Å². The van der Waals surface area contributed by atoms with Gasteiger partial charge in [-0.25, -0.2) is 4.79 Å². The van der Waals surface area contributed by atoms with Crippen molar-refractivity contribution in [1.29, 1.82) is 0 Å². The van der Waals surface area contributed by atoms with Crippen molar-refractivity contribution in [3.8, 4) is 11.5 Å². The highest BCUT2D eigenvalue weighted by molar-refractivity contribution is 6.33. The number of likely N-dealkylation sites (tertiary alicyclic amines) is 1. The molecule has 2 aromatic rings. The smallest absolute Gasteiger partial charge is 0.405 e. The summed E-state index contributed by atoms with van der Waals surface area (Å²) < 4.78 is 15.9. The molecule has 184 valence electrons. The molecule has 1 unspecified atom stereocenters. The molecule has 0 aliphatic carbocycles. The predicted molar refractivity (Wildman–Crippen MR) is 130 cm³/mol. The Morgan fingerprint density at radius 3 is 2.56 bits per heavy atom. The van der Waals surface area contributed by atoms with Gasteiger partial charge < -0.3 is 31.0 Å². The summed E-state index contributed by atoms with van der Waals surface area (Å²) in [5, 5.41) is 3.28. The van der Waals surface area contributed by atoms with Gasteiger partial charge in [0.2, 0.25) is 0 Å². The van der Waals surface area contributed by atoms with Crippen LogP contribution in [-0.2, 0) is 4.74 Å². The number of hydrogen-bond donors (Lipinski definition) is 3. The maximum Gasteiger partial charge on any atom is 0.405 e. The molecule has 2 aromatic carbocycles. The molecule has 1 atom stereocenters. The van der Waals surface area contributed by atoms with Crippen LogP contribution >= 0.6 is 11.6 Å². The van der Waals surface area contributed by atoms with Crippen molar-refractivity contribution >= 4 is 29.3 Å². The Labute approximate surface area is 204 Å². The number of ether oxygens (including phenoxy) is 3. The number of nitrogen functional groups attached to an aromatic ring is 1. The fraction of sp³-hybridized carbons (Fsp3) is 0.417. The van der Waals surface area contributed by atoms with Gasteiger partial charge in [-0.1, -0.05) is 23.7 Å². The van der Waals surface area contributed by atoms with Crippen molar-refractivity contribution in [3.05, 3.63) is 52.5 Å². The van der Waals surface area contributed by atoms with Gasteiger partial charge in [0.1, 0.15) is 17.6 Å². The molecular formula is C24H31ClN4O5. The van der Waals surface area contributed by atoms with E-state index in [2.05, 4.69) is 10.2 Å². The lowest BCUT2D eigenvalue weighted by atomic mass is 9.96. The highest BCUT2D eigenvalue weighted by Gasteiger charge is 2.25. The third-order valence-electron chi connectivity index (χ3n) is 5.97. The standard InChI is InChI=1S/C24H31ClN4O5/c1-32-17-5-3-4-16(10-17)22(34-24(27)31)14-29-8-6-15(7-9-29)13-28-23(30)18-11-19(25)20(26)12-21(18)33-2/h3-5,10-12,15,22H,6-9,13-14,26H2,1-2H3,(H2,27,31)(H,28,30). The van der Waals surface area contributed by atoms with Crippen molar-refractivity contribution in [2.24, 2.45) is 11.7 Å². The Kier molecular flexibility index (Phi) is 8.84. The molecule has 1 saturated heterocycles. The van der Waals surface area contributed by atoms with Crippen LogP contribution in [0, 0.1) is 5.92 Å². The Balaban J connectivity index is 1.53. The van der Waals surface area contributed by atoms with E-state index >= 15 is 0 Å². The van der Waals surface area contributed by atoms with Crippen LogP contribution in [0.3, 0.4) is 0 Å². The van der Waals surface area contributed by atoms with Gasteiger partial charge in [0.05, 0.1) is 30.5 Å². The average Bonchev–Trinajstić information content (AvgIpc) is 2.84. The van der Waals surface area contributed by atoms with E-state index < -0.39 is 12.2 Å². The van der Waals surface area contributed by atoms with Gasteiger partial charge in [0.15, 0.2) is 0 Å². The summed E-state index contributed by atoms with van der Waals surface area (Å²) in [6, 6.07) is 10.5. The molecule has 5 N–H and O–H groups in total. The van der Waals surface area contributed by atoms with Crippen LogP contribution in [0.5, 0.6) is 11.5 Å². The van der Waals surface area contributed by atoms with Gasteiger partial charge in [-0.3, -0.25) is 9.69 Å². The van der Waals surface area contributed by atoms with E-state index in [-0.39, 0.29) is 5.91 Å². The minimum Gasteiger partial charge on any atom is -0.497 e. The molecule has 1 fully saturated rings. The van der Waals surface area contributed by atoms with E-state index in [1.807, 2.05) is 24.3 Å². The fourth-order valence-electron chi connectivity index (χ4n) is 4.05. The molecule has 0 radical (unpaired) electrons. The first-order valence-corrected chi connectivity index (χ1v) is 11.4. The lowest BCUT2D eigenvalue weighted by Gasteiger charge is -2.34. The highest BCUT2D eigenvalue weighted by Crippen LogP contribution is 2.29. The first kappa shape index (κ1) is 25.5. The van der Waals surface area contributed by atoms with E-state index in [1.165, 1.54) is 13.2 Å². The number of benzene rings is 2. The summed E-state index contributed by atoms with van der Waals surface area (Å²) in [6.45, 7) is 2.67. The normalized spacial score (nSPS) is 15.4. The summed E-state index contributed by atoms with van der Waals surface area (Å²) in [6.07, 6.45) is 0.470. The molecule has 0 spiro atoms. The number of carbonyl (C=O) groups excluding carboxylic acids is 2. The predicted octanol–water partition coefficient (Wildman–Crippen LogP) is 3.22. The molecule has 0 aromatic heterocycles. The van der Waals surface area contributed by atoms with Gasteiger partial charge in [-0.05, 0) is 55.6 Å². The fourth-order valence-corrected chi connectivity index (χ4v) is 4.21. The molecule has 3 rings (SSSR count). The summed E-state index contributed by atoms with van der Waals surface area (Å²) in [4.78, 5) is 26.4. The Hall–Kier alpha value is -3.17. The molecule has 2 amide bonds. The number of nitrogens with zero attached hydrogens (tertiary/aromatic N) is 1. The topological polar surface area (TPSA) is 129 Å². The summed E-state index contributed by atoms with van der Waals surface area (Å²) in [5.41, 5.74) is 12.6. The number of carbonyl (C=O) groups is 2. The first-order chi connectivity index (χ1) is 16.3. The summed E-state index contributed by atoms with van der Waals surface area (Å²) in [7, 11) is 3.07. The second kappa shape index (κ2) is 11.8. The number of halogens is 1. The number of piperidine rings is 1. The van der Waals surface area contributed by atoms with Crippen LogP contribution in [0.1, 0.15) is 34.9 Å². The van der Waals surface area contributed by atoms with Gasteiger partial charge in [-0.15, -0.1) is 0 Å². The maximum absolute atomic E-state index is 12.7. The minimum atomic E-state index is -0.816. The third kappa shape index (κ3) is 6.68. The number of amides is 2. The highest BCUT2D eigenvalue weighted by atomic mass is 35.5. The molecule has 1 heterocycles. The third-order valence-corrected chi connectivity index (χ3v) is 6.30. The zero-order valence-electron chi connectivity index (χ0n) is 19.4. The number of anilines is 1. The lowest BCUT2D eigenvalue weighted by molar-refractivity contribution is 0.0631. The monoisotopic (exact) mass is 490 g/mol. The van der Waals surface area contributed by atoms with E-state index in [9.17, 15) is 9.59 Å². The van der Waals surface area contributed by atoms with Crippen molar-refractivity contribution in [1.82, 2.24) is 10.2 Å². The number of nitrogens with two attached hydrogens (primary N) is 2. The molecule has 10 heteroatoms. The van der Waals surface area contributed by atoms with E-state index in [4.69, 9.17) is 37.3 Å². The number of nitrogens with one attached hydrogen (secondary N) is 1. The minimum absolute atomic E-state index is 0.255. The maximum atomic E-state index is 12.7. The molecule has 1 aliphatic heterocycles. The van der Waals surface area contributed by atoms with Gasteiger partial charge in [-0.2, -0.15) is 0 Å². The van der Waals surface area contributed by atoms with Crippen LogP contribution in [0.4, 0.5) is 10.5 Å². The summed E-state index contributed by atoms with van der Waals surface area (Å²) in [5.74, 6) is 1.13. The second-order valence-electron chi connectivity index (χ2n) is 8.23. The van der Waals surface area contributed by atoms with Gasteiger partial charge >= 0.3 is 6.09 Å². The Morgan fingerprint density at radius 1 is 1.18 bits per heavy atom.